The summed E-state index contributed by atoms with van der Waals surface area (Å²) >= 11 is 6.49. The summed E-state index contributed by atoms with van der Waals surface area (Å²) in [5.41, 5.74) is 3.82. The molecule has 31 heavy (non-hydrogen) atoms. The Hall–Kier alpha value is -2.79. The molecule has 1 aliphatic heterocycles. The number of nitrogens with zero attached hydrogens (tertiary/aromatic N) is 2. The molecule has 2 aromatic carbocycles. The number of rotatable bonds is 6. The van der Waals surface area contributed by atoms with E-state index in [2.05, 4.69) is 36.2 Å². The van der Waals surface area contributed by atoms with Crippen LogP contribution < -0.4 is 10.2 Å². The molecule has 0 aromatic heterocycles. The van der Waals surface area contributed by atoms with E-state index in [1.807, 2.05) is 36.1 Å². The van der Waals surface area contributed by atoms with Gasteiger partial charge in [-0.1, -0.05) is 56.6 Å². The topological polar surface area (TPSA) is 52.7 Å². The molecule has 0 saturated carbocycles. The summed E-state index contributed by atoms with van der Waals surface area (Å²) < 4.78 is 0. The molecule has 0 atom stereocenters. The third-order valence-electron chi connectivity index (χ3n) is 5.52. The van der Waals surface area contributed by atoms with Gasteiger partial charge < -0.3 is 15.1 Å². The van der Waals surface area contributed by atoms with E-state index in [-0.39, 0.29) is 11.8 Å². The number of benzene rings is 2. The van der Waals surface area contributed by atoms with Crippen LogP contribution in [0.4, 0.5) is 11.4 Å². The predicted octanol–water partition coefficient (Wildman–Crippen LogP) is 5.17. The second kappa shape index (κ2) is 10.5. The highest BCUT2D eigenvalue weighted by atomic mass is 35.5. The lowest BCUT2D eigenvalue weighted by atomic mass is 10.0. The van der Waals surface area contributed by atoms with Crippen molar-refractivity contribution in [3.05, 3.63) is 64.7 Å². The first-order chi connectivity index (χ1) is 14.9. The molecule has 1 N–H and O–H groups in total. The zero-order valence-corrected chi connectivity index (χ0v) is 19.2. The molecule has 3 rings (SSSR count). The van der Waals surface area contributed by atoms with Crippen molar-refractivity contribution in [2.45, 2.75) is 33.1 Å². The van der Waals surface area contributed by atoms with Crippen molar-refractivity contribution in [2.24, 2.45) is 0 Å². The average Bonchev–Trinajstić information content (AvgIpc) is 2.77. The first-order valence-corrected chi connectivity index (χ1v) is 11.2. The molecule has 1 saturated heterocycles. The summed E-state index contributed by atoms with van der Waals surface area (Å²) in [5.74, 6) is 0.466. The molecule has 0 aliphatic carbocycles. The molecule has 164 valence electrons. The molecule has 2 amide bonds. The fraction of sp³-hybridized carbons (Fsp3) is 0.360. The van der Waals surface area contributed by atoms with Crippen molar-refractivity contribution in [1.29, 1.82) is 0 Å². The van der Waals surface area contributed by atoms with Crippen molar-refractivity contribution in [1.82, 2.24) is 4.90 Å². The van der Waals surface area contributed by atoms with Crippen LogP contribution in [-0.2, 0) is 9.59 Å². The normalized spacial score (nSPS) is 14.4. The maximum atomic E-state index is 12.3. The van der Waals surface area contributed by atoms with Gasteiger partial charge >= 0.3 is 0 Å². The highest BCUT2D eigenvalue weighted by molar-refractivity contribution is 6.33. The second-order valence-electron chi connectivity index (χ2n) is 8.03. The molecular weight excluding hydrogens is 410 g/mol. The lowest BCUT2D eigenvalue weighted by Gasteiger charge is -2.36. The van der Waals surface area contributed by atoms with Crippen molar-refractivity contribution >= 4 is 40.9 Å². The minimum atomic E-state index is -0.205. The highest BCUT2D eigenvalue weighted by Crippen LogP contribution is 2.29. The maximum absolute atomic E-state index is 12.3. The lowest BCUT2D eigenvalue weighted by molar-refractivity contribution is -0.131. The van der Waals surface area contributed by atoms with E-state index >= 15 is 0 Å². The fourth-order valence-corrected chi connectivity index (χ4v) is 3.91. The Morgan fingerprint density at radius 1 is 1.06 bits per heavy atom. The van der Waals surface area contributed by atoms with Crippen LogP contribution in [0.2, 0.25) is 5.02 Å². The summed E-state index contributed by atoms with van der Waals surface area (Å²) in [6.07, 6.45) is 3.86. The van der Waals surface area contributed by atoms with Crippen molar-refractivity contribution in [2.75, 3.05) is 36.4 Å². The van der Waals surface area contributed by atoms with Gasteiger partial charge in [-0.2, -0.15) is 0 Å². The number of carbonyl (C=O) groups excluding carboxylic acids is 2. The Kier molecular flexibility index (Phi) is 7.75. The largest absolute Gasteiger partial charge is 0.367 e. The van der Waals surface area contributed by atoms with Crippen LogP contribution in [0.1, 0.15) is 44.2 Å². The van der Waals surface area contributed by atoms with Gasteiger partial charge in [0.2, 0.25) is 11.8 Å². The lowest BCUT2D eigenvalue weighted by Crippen LogP contribution is -2.48. The van der Waals surface area contributed by atoms with E-state index in [9.17, 15) is 9.59 Å². The summed E-state index contributed by atoms with van der Waals surface area (Å²) in [7, 11) is 0. The second-order valence-corrected chi connectivity index (χ2v) is 8.44. The first-order valence-electron chi connectivity index (χ1n) is 10.8. The fourth-order valence-electron chi connectivity index (χ4n) is 3.61. The highest BCUT2D eigenvalue weighted by Gasteiger charge is 2.21. The molecule has 1 heterocycles. The van der Waals surface area contributed by atoms with Gasteiger partial charge in [0.25, 0.3) is 0 Å². The molecule has 0 spiro atoms. The number of carbonyl (C=O) groups is 2. The van der Waals surface area contributed by atoms with E-state index in [0.717, 1.165) is 24.3 Å². The molecule has 5 nitrogen and oxygen atoms in total. The van der Waals surface area contributed by atoms with E-state index in [1.165, 1.54) is 11.6 Å². The van der Waals surface area contributed by atoms with E-state index in [1.54, 1.807) is 12.1 Å². The molecule has 0 unspecified atom stereocenters. The van der Waals surface area contributed by atoms with Crippen molar-refractivity contribution in [3.63, 3.8) is 0 Å². The molecule has 1 fully saturated rings. The average molecular weight is 440 g/mol. The SMILES string of the molecule is CCC(=O)N1CCN(c2ccc(NC(=O)/C=C/c3ccc(C(C)C)cc3)cc2Cl)CC1. The Morgan fingerprint density at radius 3 is 2.32 bits per heavy atom. The summed E-state index contributed by atoms with van der Waals surface area (Å²) in [6, 6.07) is 13.7. The van der Waals surface area contributed by atoms with E-state index < -0.39 is 0 Å². The predicted molar refractivity (Wildman–Crippen MR) is 129 cm³/mol. The van der Waals surface area contributed by atoms with Gasteiger partial charge in [-0.3, -0.25) is 9.59 Å². The number of anilines is 2. The zero-order chi connectivity index (χ0) is 22.4. The van der Waals surface area contributed by atoms with Gasteiger partial charge in [-0.15, -0.1) is 0 Å². The standard InChI is InChI=1S/C25H30ClN3O2/c1-4-25(31)29-15-13-28(14-16-29)23-11-10-21(17-22(23)26)27-24(30)12-7-19-5-8-20(9-6-19)18(2)3/h5-12,17-18H,4,13-16H2,1-3H3,(H,27,30)/b12-7+. The van der Waals surface area contributed by atoms with Gasteiger partial charge in [0.1, 0.15) is 0 Å². The van der Waals surface area contributed by atoms with Crippen LogP contribution in [0.25, 0.3) is 6.08 Å². The summed E-state index contributed by atoms with van der Waals surface area (Å²) in [5, 5.41) is 3.45. The first kappa shape index (κ1) is 22.9. The zero-order valence-electron chi connectivity index (χ0n) is 18.4. The Bertz CT molecular complexity index is 946. The van der Waals surface area contributed by atoms with Gasteiger partial charge in [0, 0.05) is 44.4 Å². The molecule has 1 aliphatic rings. The number of hydrogen-bond acceptors (Lipinski definition) is 3. The minimum absolute atomic E-state index is 0.188. The van der Waals surface area contributed by atoms with Gasteiger partial charge in [0.05, 0.1) is 10.7 Å². The third-order valence-corrected chi connectivity index (χ3v) is 5.82. The third kappa shape index (κ3) is 6.11. The maximum Gasteiger partial charge on any atom is 0.248 e. The van der Waals surface area contributed by atoms with Crippen molar-refractivity contribution < 1.29 is 9.59 Å². The van der Waals surface area contributed by atoms with Crippen LogP contribution in [0.3, 0.4) is 0 Å². The molecular formula is C25H30ClN3O2. The molecule has 6 heteroatoms. The van der Waals surface area contributed by atoms with Gasteiger partial charge in [-0.05, 0) is 41.3 Å². The Balaban J connectivity index is 1.57. The van der Waals surface area contributed by atoms with Crippen LogP contribution in [0.5, 0.6) is 0 Å². The van der Waals surface area contributed by atoms with Gasteiger partial charge in [0.15, 0.2) is 0 Å². The monoisotopic (exact) mass is 439 g/mol. The van der Waals surface area contributed by atoms with E-state index in [0.29, 0.717) is 36.1 Å². The van der Waals surface area contributed by atoms with E-state index in [4.69, 9.17) is 11.6 Å². The molecule has 2 aromatic rings. The van der Waals surface area contributed by atoms with Crippen LogP contribution in [0, 0.1) is 0 Å². The van der Waals surface area contributed by atoms with Crippen LogP contribution in [-0.4, -0.2) is 42.9 Å². The molecule has 0 radical (unpaired) electrons. The van der Waals surface area contributed by atoms with Crippen molar-refractivity contribution in [3.8, 4) is 0 Å². The number of piperazine rings is 1. The smallest absolute Gasteiger partial charge is 0.248 e. The number of halogens is 1. The summed E-state index contributed by atoms with van der Waals surface area (Å²) in [4.78, 5) is 28.2. The quantitative estimate of drug-likeness (QED) is 0.631. The van der Waals surface area contributed by atoms with Gasteiger partial charge in [-0.25, -0.2) is 0 Å². The van der Waals surface area contributed by atoms with Crippen LogP contribution in [0.15, 0.2) is 48.5 Å². The summed E-state index contributed by atoms with van der Waals surface area (Å²) in [6.45, 7) is 9.08. The number of nitrogens with one attached hydrogen (secondary N) is 1. The number of amides is 2. The Morgan fingerprint density at radius 2 is 1.74 bits per heavy atom. The molecule has 0 bridgehead atoms. The minimum Gasteiger partial charge on any atom is -0.367 e. The number of hydrogen-bond donors (Lipinski definition) is 1. The Labute approximate surface area is 189 Å². The van der Waals surface area contributed by atoms with Crippen LogP contribution >= 0.6 is 11.6 Å².